The largest absolute Gasteiger partial charge is 0.393 e. The summed E-state index contributed by atoms with van der Waals surface area (Å²) in [5.41, 5.74) is 13.3. The summed E-state index contributed by atoms with van der Waals surface area (Å²) in [5.74, 6) is 0.796. The van der Waals surface area contributed by atoms with Gasteiger partial charge in [0.2, 0.25) is 0 Å². The molecule has 35 heavy (non-hydrogen) atoms. The SMILES string of the molecule is CN1CCN(c2ccc3nc(-c4ccc5c(c4)N=C(c4ccc(N)c([N+](=O)[O-])c4)C5)[nH]c3c2)CC1. The van der Waals surface area contributed by atoms with Crippen LogP contribution in [0.5, 0.6) is 0 Å². The average Bonchev–Trinajstić information content (AvgIpc) is 3.48. The molecular weight excluding hydrogens is 442 g/mol. The lowest BCUT2D eigenvalue weighted by Gasteiger charge is -2.34. The van der Waals surface area contributed by atoms with Crippen LogP contribution in [0.3, 0.4) is 0 Å². The topological polar surface area (TPSA) is 117 Å². The number of nitrogens with zero attached hydrogens (tertiary/aromatic N) is 5. The summed E-state index contributed by atoms with van der Waals surface area (Å²) in [6, 6.07) is 17.3. The Bertz CT molecular complexity index is 1500. The van der Waals surface area contributed by atoms with Gasteiger partial charge in [-0.1, -0.05) is 18.2 Å². The normalized spacial score (nSPS) is 15.9. The summed E-state index contributed by atoms with van der Waals surface area (Å²) in [5, 5.41) is 11.3. The van der Waals surface area contributed by atoms with Gasteiger partial charge in [-0.15, -0.1) is 0 Å². The summed E-state index contributed by atoms with van der Waals surface area (Å²) >= 11 is 0. The van der Waals surface area contributed by atoms with Gasteiger partial charge in [-0.3, -0.25) is 15.1 Å². The van der Waals surface area contributed by atoms with Gasteiger partial charge in [-0.05, 0) is 42.9 Å². The zero-order valence-corrected chi connectivity index (χ0v) is 19.4. The standard InChI is InChI=1S/C26H25N7O2/c1-31-8-10-32(11-9-31)19-5-7-21-24(15-19)30-26(29-21)18-3-2-16-12-22(28-23(16)13-18)17-4-6-20(27)25(14-17)33(34)35/h2-7,13-15H,8-12,27H2,1H3,(H,29,30). The van der Waals surface area contributed by atoms with Gasteiger partial charge < -0.3 is 20.5 Å². The zero-order valence-electron chi connectivity index (χ0n) is 19.4. The summed E-state index contributed by atoms with van der Waals surface area (Å²) in [6.07, 6.45) is 0.616. The predicted octanol–water partition coefficient (Wildman–Crippen LogP) is 4.15. The van der Waals surface area contributed by atoms with Gasteiger partial charge in [0.05, 0.1) is 27.4 Å². The first-order valence-electron chi connectivity index (χ1n) is 11.6. The van der Waals surface area contributed by atoms with E-state index >= 15 is 0 Å². The molecule has 3 aromatic carbocycles. The third-order valence-corrected chi connectivity index (χ3v) is 6.87. The van der Waals surface area contributed by atoms with E-state index in [1.54, 1.807) is 12.1 Å². The third kappa shape index (κ3) is 3.89. The van der Waals surface area contributed by atoms with Gasteiger partial charge in [0.1, 0.15) is 11.5 Å². The van der Waals surface area contributed by atoms with Gasteiger partial charge in [0.25, 0.3) is 5.69 Å². The second kappa shape index (κ2) is 8.21. The van der Waals surface area contributed by atoms with Crippen LogP contribution in [0.2, 0.25) is 0 Å². The van der Waals surface area contributed by atoms with Crippen LogP contribution in [0.25, 0.3) is 22.4 Å². The minimum absolute atomic E-state index is 0.0972. The number of piperazine rings is 1. The highest BCUT2D eigenvalue weighted by Crippen LogP contribution is 2.34. The Hall–Kier alpha value is -4.24. The highest BCUT2D eigenvalue weighted by atomic mass is 16.6. The number of anilines is 2. The van der Waals surface area contributed by atoms with Gasteiger partial charge in [0, 0.05) is 55.5 Å². The fourth-order valence-electron chi connectivity index (χ4n) is 4.77. The Morgan fingerprint density at radius 1 is 1.00 bits per heavy atom. The second-order valence-electron chi connectivity index (χ2n) is 9.19. The minimum atomic E-state index is -0.462. The van der Waals surface area contributed by atoms with E-state index in [1.165, 1.54) is 11.8 Å². The van der Waals surface area contributed by atoms with Gasteiger partial charge in [0.15, 0.2) is 0 Å². The lowest BCUT2D eigenvalue weighted by Crippen LogP contribution is -2.44. The number of aromatic nitrogens is 2. The molecule has 0 radical (unpaired) electrons. The van der Waals surface area contributed by atoms with Crippen LogP contribution in [-0.4, -0.2) is 58.7 Å². The molecular formula is C26H25N7O2. The zero-order chi connectivity index (χ0) is 24.1. The fraction of sp³-hybridized carbons (Fsp3) is 0.231. The summed E-state index contributed by atoms with van der Waals surface area (Å²) in [7, 11) is 2.16. The van der Waals surface area contributed by atoms with Crippen molar-refractivity contribution in [1.29, 1.82) is 0 Å². The molecule has 176 valence electrons. The number of rotatable bonds is 4. The molecule has 9 nitrogen and oxygen atoms in total. The number of fused-ring (bicyclic) bond motifs is 2. The Morgan fingerprint density at radius 3 is 2.60 bits per heavy atom. The molecule has 9 heteroatoms. The van der Waals surface area contributed by atoms with E-state index in [0.29, 0.717) is 12.0 Å². The molecule has 0 bridgehead atoms. The number of nitro benzene ring substituents is 1. The second-order valence-corrected chi connectivity index (χ2v) is 9.19. The van der Waals surface area contributed by atoms with E-state index in [1.807, 2.05) is 12.1 Å². The first kappa shape index (κ1) is 21.3. The van der Waals surface area contributed by atoms with Crippen molar-refractivity contribution in [2.24, 2.45) is 4.99 Å². The molecule has 0 saturated carbocycles. The Morgan fingerprint density at radius 2 is 1.80 bits per heavy atom. The molecule has 3 N–H and O–H groups in total. The number of aromatic amines is 1. The quantitative estimate of drug-likeness (QED) is 0.265. The van der Waals surface area contributed by atoms with Crippen LogP contribution >= 0.6 is 0 Å². The van der Waals surface area contributed by atoms with Crippen molar-refractivity contribution in [2.45, 2.75) is 6.42 Å². The number of nitrogen functional groups attached to an aromatic ring is 1. The maximum Gasteiger partial charge on any atom is 0.292 e. The molecule has 0 spiro atoms. The molecule has 1 aromatic heterocycles. The maximum atomic E-state index is 11.3. The summed E-state index contributed by atoms with van der Waals surface area (Å²) < 4.78 is 0. The van der Waals surface area contributed by atoms with Gasteiger partial charge >= 0.3 is 0 Å². The molecule has 2 aliphatic heterocycles. The van der Waals surface area contributed by atoms with Crippen LogP contribution in [-0.2, 0) is 6.42 Å². The van der Waals surface area contributed by atoms with Crippen molar-refractivity contribution in [3.05, 3.63) is 75.8 Å². The molecule has 6 rings (SSSR count). The monoisotopic (exact) mass is 467 g/mol. The number of H-pyrrole nitrogens is 1. The highest BCUT2D eigenvalue weighted by molar-refractivity contribution is 6.07. The first-order chi connectivity index (χ1) is 16.9. The molecule has 0 atom stereocenters. The van der Waals surface area contributed by atoms with Crippen molar-refractivity contribution in [1.82, 2.24) is 14.9 Å². The van der Waals surface area contributed by atoms with Crippen LogP contribution in [0.15, 0.2) is 59.6 Å². The lowest BCUT2D eigenvalue weighted by atomic mass is 10.0. The number of aliphatic imine (C=N–C) groups is 1. The van der Waals surface area contributed by atoms with E-state index in [0.717, 1.165) is 65.6 Å². The van der Waals surface area contributed by atoms with Crippen molar-refractivity contribution in [3.63, 3.8) is 0 Å². The Kier molecular flexibility index (Phi) is 5.00. The lowest BCUT2D eigenvalue weighted by molar-refractivity contribution is -0.383. The Balaban J connectivity index is 1.29. The molecule has 4 aromatic rings. The smallest absolute Gasteiger partial charge is 0.292 e. The van der Waals surface area contributed by atoms with Crippen molar-refractivity contribution >= 4 is 39.5 Å². The van der Waals surface area contributed by atoms with Crippen molar-refractivity contribution < 1.29 is 4.92 Å². The van der Waals surface area contributed by atoms with Crippen LogP contribution < -0.4 is 10.6 Å². The molecule has 0 amide bonds. The van der Waals surface area contributed by atoms with E-state index in [-0.39, 0.29) is 11.4 Å². The summed E-state index contributed by atoms with van der Waals surface area (Å²) in [4.78, 5) is 28.6. The number of likely N-dealkylation sites (N-methyl/N-ethyl adjacent to an activating group) is 1. The first-order valence-corrected chi connectivity index (χ1v) is 11.6. The summed E-state index contributed by atoms with van der Waals surface area (Å²) in [6.45, 7) is 4.16. The third-order valence-electron chi connectivity index (χ3n) is 6.87. The molecule has 1 saturated heterocycles. The van der Waals surface area contributed by atoms with E-state index in [9.17, 15) is 10.1 Å². The van der Waals surface area contributed by atoms with Crippen LogP contribution in [0.4, 0.5) is 22.7 Å². The molecule has 0 unspecified atom stereocenters. The number of imidazole rings is 1. The van der Waals surface area contributed by atoms with E-state index in [4.69, 9.17) is 15.7 Å². The van der Waals surface area contributed by atoms with Crippen molar-refractivity contribution in [3.8, 4) is 11.4 Å². The molecule has 0 aliphatic carbocycles. The Labute approximate surface area is 202 Å². The number of hydrogen-bond acceptors (Lipinski definition) is 7. The number of nitro groups is 1. The maximum absolute atomic E-state index is 11.3. The number of nitrogens with two attached hydrogens (primary N) is 1. The fourth-order valence-corrected chi connectivity index (χ4v) is 4.77. The van der Waals surface area contributed by atoms with Gasteiger partial charge in [-0.2, -0.15) is 0 Å². The van der Waals surface area contributed by atoms with Gasteiger partial charge in [-0.25, -0.2) is 4.98 Å². The average molecular weight is 468 g/mol. The minimum Gasteiger partial charge on any atom is -0.393 e. The number of hydrogen-bond donors (Lipinski definition) is 2. The molecule has 3 heterocycles. The van der Waals surface area contributed by atoms with E-state index < -0.39 is 4.92 Å². The number of nitrogens with one attached hydrogen (secondary N) is 1. The van der Waals surface area contributed by atoms with Crippen molar-refractivity contribution in [2.75, 3.05) is 43.9 Å². The van der Waals surface area contributed by atoms with E-state index in [2.05, 4.69) is 46.1 Å². The van der Waals surface area contributed by atoms with Crippen LogP contribution in [0, 0.1) is 10.1 Å². The molecule has 1 fully saturated rings. The predicted molar refractivity (Wildman–Crippen MR) is 139 cm³/mol. The van der Waals surface area contributed by atoms with Crippen LogP contribution in [0.1, 0.15) is 11.1 Å². The number of benzene rings is 3. The molecule has 2 aliphatic rings. The highest BCUT2D eigenvalue weighted by Gasteiger charge is 2.21.